The summed E-state index contributed by atoms with van der Waals surface area (Å²) >= 11 is 12.7. The number of piperidine rings is 1. The van der Waals surface area contributed by atoms with E-state index in [0.29, 0.717) is 99.7 Å². The maximum atomic E-state index is 13.1. The number of fused-ring (bicyclic) bond motifs is 2. The third-order valence-electron chi connectivity index (χ3n) is 12.3. The molecule has 1 unspecified atom stereocenters. The van der Waals surface area contributed by atoms with Gasteiger partial charge in [0.1, 0.15) is 23.6 Å². The first-order chi connectivity index (χ1) is 31.5. The number of Topliss-reactive ketones (excluding diaryl/α,β-unsaturated/α-hetero) is 1. The molecule has 3 aliphatic rings. The van der Waals surface area contributed by atoms with Crippen molar-refractivity contribution in [2.24, 2.45) is 0 Å². The number of rotatable bonds is 20. The van der Waals surface area contributed by atoms with Gasteiger partial charge >= 0.3 is 0 Å². The van der Waals surface area contributed by atoms with E-state index in [2.05, 4.69) is 26.6 Å². The molecule has 1 aromatic heterocycles. The Balaban J connectivity index is 0.778. The van der Waals surface area contributed by atoms with Gasteiger partial charge in [-0.1, -0.05) is 54.6 Å². The summed E-state index contributed by atoms with van der Waals surface area (Å²) in [5.41, 5.74) is 4.04. The molecule has 17 heteroatoms. The van der Waals surface area contributed by atoms with E-state index in [1.54, 1.807) is 43.5 Å². The molecule has 3 aromatic carbocycles. The Hall–Kier alpha value is -5.95. The quantitative estimate of drug-likeness (QED) is 0.0663. The molecule has 2 N–H and O–H groups in total. The Labute approximate surface area is 388 Å². The first-order valence-corrected chi connectivity index (χ1v) is 22.8. The Morgan fingerprint density at radius 3 is 2.40 bits per heavy atom. The summed E-state index contributed by atoms with van der Waals surface area (Å²) in [5.74, 6) is 0.727. The fourth-order valence-electron chi connectivity index (χ4n) is 8.70. The van der Waals surface area contributed by atoms with E-state index in [9.17, 15) is 29.2 Å². The monoisotopic (exact) mass is 925 g/mol. The predicted molar refractivity (Wildman–Crippen MR) is 246 cm³/mol. The third-order valence-corrected chi connectivity index (χ3v) is 12.9. The lowest BCUT2D eigenvalue weighted by Gasteiger charge is -2.34. The number of benzene rings is 3. The van der Waals surface area contributed by atoms with E-state index in [1.807, 2.05) is 11.0 Å². The van der Waals surface area contributed by atoms with Gasteiger partial charge in [-0.2, -0.15) is 5.26 Å². The number of nitrogens with one attached hydrogen (secondary N) is 2. The largest absolute Gasteiger partial charge is 0.495 e. The van der Waals surface area contributed by atoms with E-state index < -0.39 is 11.9 Å². The number of imide groups is 1. The van der Waals surface area contributed by atoms with Crippen LogP contribution in [0.4, 0.5) is 11.4 Å². The number of amides is 4. The summed E-state index contributed by atoms with van der Waals surface area (Å²) in [7, 11) is 3.07. The summed E-state index contributed by atoms with van der Waals surface area (Å²) in [6.07, 6.45) is 8.31. The molecule has 3 aliphatic heterocycles. The Kier molecular flexibility index (Phi) is 15.8. The minimum Gasteiger partial charge on any atom is -0.495 e. The van der Waals surface area contributed by atoms with Gasteiger partial charge in [0, 0.05) is 94.2 Å². The highest BCUT2D eigenvalue weighted by molar-refractivity contribution is 6.37. The summed E-state index contributed by atoms with van der Waals surface area (Å²) < 4.78 is 17.2. The number of carbonyl (C=O) groups is 5. The number of nitriles is 1. The summed E-state index contributed by atoms with van der Waals surface area (Å²) in [6, 6.07) is 13.7. The van der Waals surface area contributed by atoms with Crippen LogP contribution in [0.2, 0.25) is 10.0 Å². The molecule has 4 heterocycles. The lowest BCUT2D eigenvalue weighted by molar-refractivity contribution is -0.137. The average Bonchev–Trinajstić information content (AvgIpc) is 3.64. The number of methoxy groups -OCH3 is 2. The van der Waals surface area contributed by atoms with Gasteiger partial charge in [-0.3, -0.25) is 39.2 Å². The minimum absolute atomic E-state index is 0.110. The molecule has 0 spiro atoms. The molecule has 15 nitrogen and oxygen atoms in total. The van der Waals surface area contributed by atoms with Crippen molar-refractivity contribution in [3.63, 3.8) is 0 Å². The lowest BCUT2D eigenvalue weighted by atomic mass is 9.97. The fourth-order valence-corrected chi connectivity index (χ4v) is 9.21. The maximum absolute atomic E-state index is 13.1. The van der Waals surface area contributed by atoms with Crippen molar-refractivity contribution in [2.45, 2.75) is 83.2 Å². The van der Waals surface area contributed by atoms with Crippen LogP contribution in [0.5, 0.6) is 17.2 Å². The number of aromatic nitrogens is 1. The standard InChI is InChI=1S/C48H53Cl2N7O8/c1-63-41-26-39(36(49)24-37(41)50)53-46-31(27-51)28-52-38-25-43(42(64-2)23-34(38)46)65-21-9-16-55-17-19-56(20-18-55)45(60)13-7-5-3-4-6-11-32(58)22-30-10-8-12-33-35(30)29-57(48(33)62)40-14-15-44(59)54-47(40)61/h8,10,12,23-26,28,40H,3-7,9,11,13-22,29H2,1-2H3,(H,52,53)(H,54,59,61). The maximum Gasteiger partial charge on any atom is 0.255 e. The Morgan fingerprint density at radius 2 is 1.66 bits per heavy atom. The minimum atomic E-state index is -0.688. The highest BCUT2D eigenvalue weighted by atomic mass is 35.5. The van der Waals surface area contributed by atoms with Crippen molar-refractivity contribution in [2.75, 3.05) is 58.9 Å². The van der Waals surface area contributed by atoms with Gasteiger partial charge in [-0.15, -0.1) is 0 Å². The number of halogens is 2. The number of ether oxygens (including phenoxy) is 3. The third kappa shape index (κ3) is 11.3. The van der Waals surface area contributed by atoms with E-state index in [4.69, 9.17) is 37.4 Å². The van der Waals surface area contributed by atoms with Gasteiger partial charge in [-0.25, -0.2) is 0 Å². The number of ketones is 1. The van der Waals surface area contributed by atoms with Crippen molar-refractivity contribution in [1.82, 2.24) is 25.0 Å². The van der Waals surface area contributed by atoms with Crippen molar-refractivity contribution >= 4 is 74.9 Å². The average molecular weight is 927 g/mol. The Morgan fingerprint density at radius 1 is 0.908 bits per heavy atom. The number of unbranched alkanes of at least 4 members (excludes halogenated alkanes) is 4. The van der Waals surface area contributed by atoms with Gasteiger partial charge in [0.2, 0.25) is 17.7 Å². The van der Waals surface area contributed by atoms with E-state index in [0.717, 1.165) is 69.3 Å². The second kappa shape index (κ2) is 21.8. The normalized spacial score (nSPS) is 16.3. The van der Waals surface area contributed by atoms with E-state index in [-0.39, 0.29) is 42.9 Å². The van der Waals surface area contributed by atoms with Crippen molar-refractivity contribution in [3.05, 3.63) is 81.0 Å². The SMILES string of the molecule is COc1cc(Nc2c(C#N)cnc3cc(OCCCN4CCN(C(=O)CCCCCCCC(=O)Cc5cccc6c5CN(C5CCC(=O)NC5=O)C6=O)CC4)c(OC)cc23)c(Cl)cc1Cl. The van der Waals surface area contributed by atoms with Gasteiger partial charge in [0.25, 0.3) is 5.91 Å². The van der Waals surface area contributed by atoms with E-state index in [1.165, 1.54) is 18.2 Å². The smallest absolute Gasteiger partial charge is 0.255 e. The number of hydrogen-bond acceptors (Lipinski definition) is 12. The summed E-state index contributed by atoms with van der Waals surface area (Å²) in [5, 5.41) is 16.8. The molecule has 7 rings (SSSR count). The number of carbonyl (C=O) groups excluding carboxylic acids is 5. The highest BCUT2D eigenvalue weighted by Crippen LogP contribution is 2.40. The van der Waals surface area contributed by atoms with E-state index >= 15 is 0 Å². The van der Waals surface area contributed by atoms with Crippen LogP contribution < -0.4 is 24.8 Å². The molecule has 0 radical (unpaired) electrons. The predicted octanol–water partition coefficient (Wildman–Crippen LogP) is 7.39. The molecule has 0 saturated carbocycles. The molecule has 0 aliphatic carbocycles. The van der Waals surface area contributed by atoms with Crippen LogP contribution in [-0.4, -0.2) is 109 Å². The number of piperazine rings is 1. The number of hydrogen-bond donors (Lipinski definition) is 2. The topological polar surface area (TPSA) is 183 Å². The van der Waals surface area contributed by atoms with Crippen LogP contribution in [-0.2, 0) is 32.1 Å². The van der Waals surface area contributed by atoms with Gasteiger partial charge < -0.3 is 29.3 Å². The molecule has 2 saturated heterocycles. The first kappa shape index (κ1) is 47.0. The van der Waals surface area contributed by atoms with Gasteiger partial charge in [0.15, 0.2) is 11.5 Å². The molecular formula is C48H53Cl2N7O8. The highest BCUT2D eigenvalue weighted by Gasteiger charge is 2.40. The molecule has 65 heavy (non-hydrogen) atoms. The summed E-state index contributed by atoms with van der Waals surface area (Å²) in [4.78, 5) is 73.4. The molecule has 4 aromatic rings. The zero-order valence-corrected chi connectivity index (χ0v) is 38.2. The van der Waals surface area contributed by atoms with Crippen molar-refractivity contribution in [3.8, 4) is 23.3 Å². The zero-order valence-electron chi connectivity index (χ0n) is 36.7. The van der Waals surface area contributed by atoms with Gasteiger partial charge in [0.05, 0.1) is 53.3 Å². The number of anilines is 2. The van der Waals surface area contributed by atoms with Crippen LogP contribution in [0.15, 0.2) is 48.7 Å². The zero-order chi connectivity index (χ0) is 46.0. The van der Waals surface area contributed by atoms with Gasteiger partial charge in [-0.05, 0) is 55.0 Å². The van der Waals surface area contributed by atoms with Crippen LogP contribution in [0.25, 0.3) is 10.9 Å². The molecule has 1 atom stereocenters. The molecule has 0 bridgehead atoms. The van der Waals surface area contributed by atoms with Crippen molar-refractivity contribution in [1.29, 1.82) is 5.26 Å². The van der Waals surface area contributed by atoms with Crippen LogP contribution in [0.1, 0.15) is 91.3 Å². The second-order valence-electron chi connectivity index (χ2n) is 16.5. The first-order valence-electron chi connectivity index (χ1n) is 22.1. The molecular weight excluding hydrogens is 873 g/mol. The van der Waals surface area contributed by atoms with Crippen LogP contribution in [0.3, 0.4) is 0 Å². The molecule has 2 fully saturated rings. The number of nitrogens with zero attached hydrogens (tertiary/aromatic N) is 5. The van der Waals surface area contributed by atoms with Crippen molar-refractivity contribution < 1.29 is 38.2 Å². The Bertz CT molecular complexity index is 2500. The van der Waals surface area contributed by atoms with Crippen LogP contribution in [0, 0.1) is 11.3 Å². The summed E-state index contributed by atoms with van der Waals surface area (Å²) in [6.45, 7) is 4.49. The molecule has 4 amide bonds. The molecule has 342 valence electrons. The lowest BCUT2D eigenvalue weighted by Crippen LogP contribution is -2.52. The second-order valence-corrected chi connectivity index (χ2v) is 17.3. The fraction of sp³-hybridized carbons (Fsp3) is 0.438. The number of pyridine rings is 1. The van der Waals surface area contributed by atoms with Crippen LogP contribution >= 0.6 is 23.2 Å².